The Morgan fingerprint density at radius 3 is 3.07 bits per heavy atom. The first-order valence-corrected chi connectivity index (χ1v) is 5.02. The number of carboxylic acids is 1. The van der Waals surface area contributed by atoms with Gasteiger partial charge in [0.2, 0.25) is 5.13 Å². The van der Waals surface area contributed by atoms with Gasteiger partial charge in [0.05, 0.1) is 10.2 Å². The second-order valence-corrected chi connectivity index (χ2v) is 3.80. The molecule has 0 atom stereocenters. The fourth-order valence-electron chi connectivity index (χ4n) is 1.08. The SMILES string of the molecule is O=C(O)CONc1nc2ccccc2s1. The zero-order chi connectivity index (χ0) is 10.7. The smallest absolute Gasteiger partial charge is 0.332 e. The molecule has 2 rings (SSSR count). The molecule has 5 nitrogen and oxygen atoms in total. The van der Waals surface area contributed by atoms with Crippen molar-refractivity contribution in [3.8, 4) is 0 Å². The monoisotopic (exact) mass is 224 g/mol. The second kappa shape index (κ2) is 4.24. The van der Waals surface area contributed by atoms with Crippen LogP contribution in [0.4, 0.5) is 5.13 Å². The van der Waals surface area contributed by atoms with Crippen LogP contribution in [0.2, 0.25) is 0 Å². The predicted octanol–water partition coefficient (Wildman–Crippen LogP) is 1.72. The van der Waals surface area contributed by atoms with Crippen molar-refractivity contribution >= 4 is 32.7 Å². The summed E-state index contributed by atoms with van der Waals surface area (Å²) >= 11 is 1.41. The van der Waals surface area contributed by atoms with Crippen molar-refractivity contribution in [2.45, 2.75) is 0 Å². The molecule has 78 valence electrons. The Bertz CT molecular complexity index is 450. The normalized spacial score (nSPS) is 10.4. The minimum atomic E-state index is -1.02. The van der Waals surface area contributed by atoms with E-state index < -0.39 is 12.6 Å². The Balaban J connectivity index is 2.05. The first-order chi connectivity index (χ1) is 7.25. The molecule has 0 spiro atoms. The maximum absolute atomic E-state index is 10.2. The fourth-order valence-corrected chi connectivity index (χ4v) is 1.89. The largest absolute Gasteiger partial charge is 0.479 e. The van der Waals surface area contributed by atoms with Gasteiger partial charge in [-0.1, -0.05) is 23.5 Å². The molecule has 0 amide bonds. The molecule has 0 bridgehead atoms. The molecule has 2 aromatic rings. The van der Waals surface area contributed by atoms with Gasteiger partial charge in [-0.3, -0.25) is 4.84 Å². The molecular weight excluding hydrogens is 216 g/mol. The molecule has 2 N–H and O–H groups in total. The Morgan fingerprint density at radius 2 is 2.33 bits per heavy atom. The highest BCUT2D eigenvalue weighted by molar-refractivity contribution is 7.22. The van der Waals surface area contributed by atoms with E-state index in [1.165, 1.54) is 11.3 Å². The standard InChI is InChI=1S/C9H8N2O3S/c12-8(13)5-14-11-9-10-6-3-1-2-4-7(6)15-9/h1-4H,5H2,(H,10,11)(H,12,13). The number of aliphatic carboxylic acids is 1. The lowest BCUT2D eigenvalue weighted by Gasteiger charge is -1.98. The Kier molecular flexibility index (Phi) is 2.79. The fraction of sp³-hybridized carbons (Fsp3) is 0.111. The second-order valence-electron chi connectivity index (χ2n) is 2.77. The predicted molar refractivity (Wildman–Crippen MR) is 56.8 cm³/mol. The first kappa shape index (κ1) is 9.88. The lowest BCUT2D eigenvalue weighted by Crippen LogP contribution is -2.10. The molecule has 0 radical (unpaired) electrons. The summed E-state index contributed by atoms with van der Waals surface area (Å²) in [4.78, 5) is 19.1. The number of benzene rings is 1. The van der Waals surface area contributed by atoms with Crippen molar-refractivity contribution in [2.24, 2.45) is 0 Å². The lowest BCUT2D eigenvalue weighted by molar-refractivity contribution is -0.141. The number of rotatable bonds is 4. The van der Waals surface area contributed by atoms with Gasteiger partial charge in [-0.25, -0.2) is 15.3 Å². The van der Waals surface area contributed by atoms with Gasteiger partial charge in [-0.05, 0) is 12.1 Å². The van der Waals surface area contributed by atoms with Crippen molar-refractivity contribution < 1.29 is 14.7 Å². The van der Waals surface area contributed by atoms with E-state index in [0.717, 1.165) is 10.2 Å². The number of hydrogen-bond acceptors (Lipinski definition) is 5. The Labute approximate surface area is 89.3 Å². The molecule has 0 unspecified atom stereocenters. The van der Waals surface area contributed by atoms with Crippen LogP contribution < -0.4 is 5.48 Å². The molecule has 0 aliphatic carbocycles. The number of nitrogens with zero attached hydrogens (tertiary/aromatic N) is 1. The molecule has 1 aromatic heterocycles. The van der Waals surface area contributed by atoms with Crippen LogP contribution in [0, 0.1) is 0 Å². The van der Waals surface area contributed by atoms with Crippen LogP contribution in [0.1, 0.15) is 0 Å². The van der Waals surface area contributed by atoms with Gasteiger partial charge in [0.25, 0.3) is 0 Å². The number of carbonyl (C=O) groups is 1. The summed E-state index contributed by atoms with van der Waals surface area (Å²) in [6, 6.07) is 7.63. The molecule has 15 heavy (non-hydrogen) atoms. The molecule has 6 heteroatoms. The molecule has 1 heterocycles. The number of fused-ring (bicyclic) bond motifs is 1. The summed E-state index contributed by atoms with van der Waals surface area (Å²) in [5.41, 5.74) is 3.36. The topological polar surface area (TPSA) is 71.5 Å². The minimum absolute atomic E-state index is 0.393. The van der Waals surface area contributed by atoms with Crippen molar-refractivity contribution in [3.05, 3.63) is 24.3 Å². The van der Waals surface area contributed by atoms with E-state index in [1.807, 2.05) is 24.3 Å². The summed E-state index contributed by atoms with van der Waals surface area (Å²) in [6.07, 6.45) is 0. The summed E-state index contributed by atoms with van der Waals surface area (Å²) in [5, 5.41) is 8.90. The zero-order valence-corrected chi connectivity index (χ0v) is 8.45. The van der Waals surface area contributed by atoms with E-state index in [4.69, 9.17) is 9.94 Å². The number of anilines is 1. The number of para-hydroxylation sites is 1. The van der Waals surface area contributed by atoms with Crippen LogP contribution in [0.25, 0.3) is 10.2 Å². The van der Waals surface area contributed by atoms with Crippen LogP contribution in [0.3, 0.4) is 0 Å². The van der Waals surface area contributed by atoms with Crippen molar-refractivity contribution in [2.75, 3.05) is 12.1 Å². The molecule has 1 aromatic carbocycles. The lowest BCUT2D eigenvalue weighted by atomic mass is 10.3. The number of thiazole rings is 1. The Hall–Kier alpha value is -1.66. The summed E-state index contributed by atoms with van der Waals surface area (Å²) in [5.74, 6) is -1.02. The highest BCUT2D eigenvalue weighted by Crippen LogP contribution is 2.25. The summed E-state index contributed by atoms with van der Waals surface area (Å²) in [6.45, 7) is -0.393. The number of hydrogen-bond donors (Lipinski definition) is 2. The third-order valence-electron chi connectivity index (χ3n) is 1.65. The maximum Gasteiger partial charge on any atom is 0.332 e. The van der Waals surface area contributed by atoms with E-state index >= 15 is 0 Å². The third kappa shape index (κ3) is 2.42. The number of nitrogens with one attached hydrogen (secondary N) is 1. The van der Waals surface area contributed by atoms with Gasteiger partial charge in [0.15, 0.2) is 6.61 Å². The van der Waals surface area contributed by atoms with Gasteiger partial charge >= 0.3 is 5.97 Å². The van der Waals surface area contributed by atoms with Gasteiger partial charge in [0.1, 0.15) is 0 Å². The van der Waals surface area contributed by atoms with Crippen LogP contribution in [0.5, 0.6) is 0 Å². The van der Waals surface area contributed by atoms with Gasteiger partial charge in [-0.2, -0.15) is 0 Å². The maximum atomic E-state index is 10.2. The van der Waals surface area contributed by atoms with E-state index in [2.05, 4.69) is 10.5 Å². The number of carboxylic acid groups (broad SMARTS) is 1. The minimum Gasteiger partial charge on any atom is -0.479 e. The zero-order valence-electron chi connectivity index (χ0n) is 7.64. The molecular formula is C9H8N2O3S. The van der Waals surface area contributed by atoms with E-state index in [1.54, 1.807) is 0 Å². The van der Waals surface area contributed by atoms with Gasteiger partial charge in [-0.15, -0.1) is 0 Å². The van der Waals surface area contributed by atoms with E-state index in [-0.39, 0.29) is 0 Å². The highest BCUT2D eigenvalue weighted by atomic mass is 32.1. The third-order valence-corrected chi connectivity index (χ3v) is 2.58. The van der Waals surface area contributed by atoms with Crippen molar-refractivity contribution in [3.63, 3.8) is 0 Å². The van der Waals surface area contributed by atoms with Gasteiger partial charge in [0, 0.05) is 0 Å². The average Bonchev–Trinajstić information content (AvgIpc) is 2.59. The summed E-state index contributed by atoms with van der Waals surface area (Å²) < 4.78 is 1.03. The van der Waals surface area contributed by atoms with Crippen LogP contribution in [-0.4, -0.2) is 22.7 Å². The molecule has 0 fully saturated rings. The first-order valence-electron chi connectivity index (χ1n) is 4.21. The van der Waals surface area contributed by atoms with E-state index in [9.17, 15) is 4.79 Å². The van der Waals surface area contributed by atoms with E-state index in [0.29, 0.717) is 5.13 Å². The van der Waals surface area contributed by atoms with Crippen molar-refractivity contribution in [1.29, 1.82) is 0 Å². The van der Waals surface area contributed by atoms with Crippen molar-refractivity contribution in [1.82, 2.24) is 4.98 Å². The van der Waals surface area contributed by atoms with Crippen LogP contribution in [0.15, 0.2) is 24.3 Å². The molecule has 0 aliphatic rings. The van der Waals surface area contributed by atoms with Crippen LogP contribution in [-0.2, 0) is 9.63 Å². The quantitative estimate of drug-likeness (QED) is 0.774. The average molecular weight is 224 g/mol. The highest BCUT2D eigenvalue weighted by Gasteiger charge is 2.03. The molecule has 0 saturated carbocycles. The Morgan fingerprint density at radius 1 is 1.53 bits per heavy atom. The van der Waals surface area contributed by atoms with Crippen LogP contribution >= 0.6 is 11.3 Å². The molecule has 0 saturated heterocycles. The molecule has 0 aliphatic heterocycles. The summed E-state index contributed by atoms with van der Waals surface area (Å²) in [7, 11) is 0. The number of aromatic nitrogens is 1. The van der Waals surface area contributed by atoms with Gasteiger partial charge < -0.3 is 5.11 Å².